The molecule has 0 radical (unpaired) electrons. The summed E-state index contributed by atoms with van der Waals surface area (Å²) in [5.41, 5.74) is 0.268. The molecule has 6 nitrogen and oxygen atoms in total. The molecule has 2 aliphatic rings. The highest BCUT2D eigenvalue weighted by molar-refractivity contribution is 5.99. The normalized spacial score (nSPS) is 17.4. The van der Waals surface area contributed by atoms with Crippen LogP contribution in [0.3, 0.4) is 0 Å². The van der Waals surface area contributed by atoms with E-state index in [1.165, 1.54) is 0 Å². The predicted molar refractivity (Wildman–Crippen MR) is 86.2 cm³/mol. The van der Waals surface area contributed by atoms with Gasteiger partial charge in [-0.25, -0.2) is 0 Å². The SMILES string of the molecule is COc1ccc(C(=O)N2CC3(C2)NC(=O)c2ccccc2O3)cc1. The Bertz CT molecular complexity index is 810. The molecule has 0 aromatic heterocycles. The summed E-state index contributed by atoms with van der Waals surface area (Å²) in [7, 11) is 1.58. The molecule has 0 aliphatic carbocycles. The van der Waals surface area contributed by atoms with E-state index in [1.807, 2.05) is 6.07 Å². The number of methoxy groups -OCH3 is 1. The van der Waals surface area contributed by atoms with Gasteiger partial charge in [-0.2, -0.15) is 0 Å². The van der Waals surface area contributed by atoms with Crippen molar-refractivity contribution >= 4 is 11.8 Å². The number of benzene rings is 2. The number of carbonyl (C=O) groups is 2. The fourth-order valence-electron chi connectivity index (χ4n) is 3.03. The molecule has 0 atom stereocenters. The molecule has 2 aliphatic heterocycles. The average Bonchev–Trinajstić information content (AvgIpc) is 2.59. The number of fused-ring (bicyclic) bond motifs is 1. The highest BCUT2D eigenvalue weighted by Crippen LogP contribution is 2.33. The van der Waals surface area contributed by atoms with Crippen LogP contribution in [0.2, 0.25) is 0 Å². The zero-order chi connectivity index (χ0) is 16.7. The van der Waals surface area contributed by atoms with Gasteiger partial charge in [0.15, 0.2) is 0 Å². The molecule has 0 unspecified atom stereocenters. The Morgan fingerprint density at radius 1 is 1.17 bits per heavy atom. The van der Waals surface area contributed by atoms with Crippen molar-refractivity contribution in [1.29, 1.82) is 0 Å². The van der Waals surface area contributed by atoms with Crippen LogP contribution in [-0.4, -0.2) is 42.6 Å². The van der Waals surface area contributed by atoms with E-state index >= 15 is 0 Å². The van der Waals surface area contributed by atoms with Crippen molar-refractivity contribution in [3.63, 3.8) is 0 Å². The first kappa shape index (κ1) is 14.6. The number of carbonyl (C=O) groups excluding carboxylic acids is 2. The van der Waals surface area contributed by atoms with Crippen LogP contribution in [0.5, 0.6) is 11.5 Å². The van der Waals surface area contributed by atoms with Crippen molar-refractivity contribution in [3.05, 3.63) is 59.7 Å². The van der Waals surface area contributed by atoms with Crippen LogP contribution in [0, 0.1) is 0 Å². The number of likely N-dealkylation sites (tertiary alicyclic amines) is 1. The predicted octanol–water partition coefficient (Wildman–Crippen LogP) is 1.67. The molecule has 1 spiro atoms. The number of rotatable bonds is 2. The second kappa shape index (κ2) is 5.26. The van der Waals surface area contributed by atoms with E-state index in [2.05, 4.69) is 5.32 Å². The molecule has 0 bridgehead atoms. The highest BCUT2D eigenvalue weighted by Gasteiger charge is 2.51. The van der Waals surface area contributed by atoms with Gasteiger partial charge >= 0.3 is 0 Å². The Morgan fingerprint density at radius 3 is 2.58 bits per heavy atom. The number of hydrogen-bond donors (Lipinski definition) is 1. The summed E-state index contributed by atoms with van der Waals surface area (Å²) in [6.07, 6.45) is 0. The molecule has 1 saturated heterocycles. The summed E-state index contributed by atoms with van der Waals surface area (Å²) in [6.45, 7) is 0.635. The van der Waals surface area contributed by atoms with E-state index in [-0.39, 0.29) is 11.8 Å². The largest absolute Gasteiger partial charge is 0.497 e. The fourth-order valence-corrected chi connectivity index (χ4v) is 3.03. The lowest BCUT2D eigenvalue weighted by atomic mass is 9.98. The number of nitrogens with one attached hydrogen (secondary N) is 1. The monoisotopic (exact) mass is 324 g/mol. The van der Waals surface area contributed by atoms with E-state index < -0.39 is 5.72 Å². The summed E-state index contributed by atoms with van der Waals surface area (Å²) < 4.78 is 11.0. The van der Waals surface area contributed by atoms with Crippen molar-refractivity contribution in [2.24, 2.45) is 0 Å². The molecule has 0 saturated carbocycles. The third-order valence-corrected chi connectivity index (χ3v) is 4.30. The van der Waals surface area contributed by atoms with Crippen LogP contribution in [-0.2, 0) is 0 Å². The van der Waals surface area contributed by atoms with E-state index in [0.717, 1.165) is 0 Å². The van der Waals surface area contributed by atoms with Crippen molar-refractivity contribution < 1.29 is 19.1 Å². The number of hydrogen-bond acceptors (Lipinski definition) is 4. The lowest BCUT2D eigenvalue weighted by molar-refractivity contribution is -0.0829. The maximum atomic E-state index is 12.5. The molecular weight excluding hydrogens is 308 g/mol. The van der Waals surface area contributed by atoms with Gasteiger partial charge in [-0.05, 0) is 36.4 Å². The molecule has 2 aromatic rings. The van der Waals surface area contributed by atoms with Gasteiger partial charge in [-0.3, -0.25) is 9.59 Å². The first-order valence-electron chi connectivity index (χ1n) is 7.64. The van der Waals surface area contributed by atoms with Gasteiger partial charge in [0.1, 0.15) is 11.5 Å². The Labute approximate surface area is 139 Å². The first-order chi connectivity index (χ1) is 11.6. The van der Waals surface area contributed by atoms with E-state index in [1.54, 1.807) is 54.5 Å². The van der Waals surface area contributed by atoms with Crippen molar-refractivity contribution in [3.8, 4) is 11.5 Å². The maximum Gasteiger partial charge on any atom is 0.258 e. The summed E-state index contributed by atoms with van der Waals surface area (Å²) in [4.78, 5) is 26.3. The van der Waals surface area contributed by atoms with Crippen molar-refractivity contribution in [1.82, 2.24) is 10.2 Å². The number of ether oxygens (including phenoxy) is 2. The molecule has 122 valence electrons. The van der Waals surface area contributed by atoms with Gasteiger partial charge in [0, 0.05) is 5.56 Å². The summed E-state index contributed by atoms with van der Waals surface area (Å²) >= 11 is 0. The second-order valence-corrected chi connectivity index (χ2v) is 5.94. The van der Waals surface area contributed by atoms with Crippen LogP contribution >= 0.6 is 0 Å². The summed E-state index contributed by atoms with van der Waals surface area (Å²) in [5, 5.41) is 2.86. The quantitative estimate of drug-likeness (QED) is 0.912. The van der Waals surface area contributed by atoms with Gasteiger partial charge in [-0.1, -0.05) is 12.1 Å². The van der Waals surface area contributed by atoms with Crippen LogP contribution in [0.4, 0.5) is 0 Å². The average molecular weight is 324 g/mol. The molecule has 24 heavy (non-hydrogen) atoms. The third kappa shape index (κ3) is 2.27. The van der Waals surface area contributed by atoms with E-state index in [0.29, 0.717) is 35.7 Å². The third-order valence-electron chi connectivity index (χ3n) is 4.30. The standard InChI is InChI=1S/C18H16N2O4/c1-23-13-8-6-12(7-9-13)17(22)20-10-18(11-20)19-16(21)14-4-2-3-5-15(14)24-18/h2-9H,10-11H2,1H3,(H,19,21). The van der Waals surface area contributed by atoms with Gasteiger partial charge in [0.05, 0.1) is 25.8 Å². The topological polar surface area (TPSA) is 67.9 Å². The summed E-state index contributed by atoms with van der Waals surface area (Å²) in [5.74, 6) is 0.984. The van der Waals surface area contributed by atoms with Crippen LogP contribution < -0.4 is 14.8 Å². The molecule has 4 rings (SSSR count). The van der Waals surface area contributed by atoms with Gasteiger partial charge in [0.2, 0.25) is 5.72 Å². The Hall–Kier alpha value is -3.02. The second-order valence-electron chi connectivity index (χ2n) is 5.94. The molecule has 2 heterocycles. The molecule has 1 N–H and O–H groups in total. The Kier molecular flexibility index (Phi) is 3.19. The van der Waals surface area contributed by atoms with Crippen LogP contribution in [0.15, 0.2) is 48.5 Å². The molecule has 1 fully saturated rings. The smallest absolute Gasteiger partial charge is 0.258 e. The molecule has 2 aromatic carbocycles. The minimum atomic E-state index is -0.826. The van der Waals surface area contributed by atoms with Gasteiger partial charge in [-0.15, -0.1) is 0 Å². The van der Waals surface area contributed by atoms with Crippen molar-refractivity contribution in [2.45, 2.75) is 5.72 Å². The lowest BCUT2D eigenvalue weighted by Crippen LogP contribution is -2.75. The minimum Gasteiger partial charge on any atom is -0.497 e. The van der Waals surface area contributed by atoms with Gasteiger partial charge in [0.25, 0.3) is 11.8 Å². The molecule has 6 heteroatoms. The number of nitrogens with zero attached hydrogens (tertiary/aromatic N) is 1. The molecular formula is C18H16N2O4. The fraction of sp³-hybridized carbons (Fsp3) is 0.222. The Balaban J connectivity index is 1.48. The molecule has 2 amide bonds. The zero-order valence-corrected chi connectivity index (χ0v) is 13.1. The lowest BCUT2D eigenvalue weighted by Gasteiger charge is -2.51. The number of amides is 2. The Morgan fingerprint density at radius 2 is 1.88 bits per heavy atom. The zero-order valence-electron chi connectivity index (χ0n) is 13.1. The van der Waals surface area contributed by atoms with Crippen LogP contribution in [0.1, 0.15) is 20.7 Å². The van der Waals surface area contributed by atoms with E-state index in [9.17, 15) is 9.59 Å². The summed E-state index contributed by atoms with van der Waals surface area (Å²) in [6, 6.07) is 14.0. The van der Waals surface area contributed by atoms with Crippen molar-refractivity contribution in [2.75, 3.05) is 20.2 Å². The van der Waals surface area contributed by atoms with Gasteiger partial charge < -0.3 is 19.7 Å². The van der Waals surface area contributed by atoms with E-state index in [4.69, 9.17) is 9.47 Å². The van der Waals surface area contributed by atoms with Crippen LogP contribution in [0.25, 0.3) is 0 Å². The first-order valence-corrected chi connectivity index (χ1v) is 7.64. The maximum absolute atomic E-state index is 12.5. The number of para-hydroxylation sites is 1. The highest BCUT2D eigenvalue weighted by atomic mass is 16.5. The minimum absolute atomic E-state index is 0.0972.